The molecule has 21 heavy (non-hydrogen) atoms. The van der Waals surface area contributed by atoms with Crippen molar-refractivity contribution in [3.63, 3.8) is 0 Å². The number of rotatable bonds is 8. The zero-order chi connectivity index (χ0) is 15.3. The van der Waals surface area contributed by atoms with E-state index in [0.717, 1.165) is 18.7 Å². The van der Waals surface area contributed by atoms with Crippen LogP contribution in [0.3, 0.4) is 0 Å². The number of sulfonamides is 1. The van der Waals surface area contributed by atoms with Crippen molar-refractivity contribution < 1.29 is 12.8 Å². The van der Waals surface area contributed by atoms with Crippen LogP contribution in [0.25, 0.3) is 0 Å². The molecule has 0 unspecified atom stereocenters. The van der Waals surface area contributed by atoms with Crippen molar-refractivity contribution in [3.8, 4) is 0 Å². The Morgan fingerprint density at radius 1 is 1.43 bits per heavy atom. The lowest BCUT2D eigenvalue weighted by atomic mass is 10.4. The summed E-state index contributed by atoms with van der Waals surface area (Å²) in [6.45, 7) is 3.83. The van der Waals surface area contributed by atoms with Crippen molar-refractivity contribution in [3.05, 3.63) is 42.1 Å². The molecule has 2 N–H and O–H groups in total. The van der Waals surface area contributed by atoms with Gasteiger partial charge in [-0.1, -0.05) is 6.92 Å². The van der Waals surface area contributed by atoms with Crippen molar-refractivity contribution in [2.75, 3.05) is 13.6 Å². The Kier molecular flexibility index (Phi) is 5.22. The van der Waals surface area contributed by atoms with Crippen molar-refractivity contribution in [1.29, 1.82) is 0 Å². The number of hydrogen-bond acceptors (Lipinski definition) is 4. The van der Waals surface area contributed by atoms with E-state index >= 15 is 0 Å². The number of hydrogen-bond donors (Lipinski definition) is 2. The van der Waals surface area contributed by atoms with Crippen molar-refractivity contribution in [2.45, 2.75) is 31.3 Å². The van der Waals surface area contributed by atoms with Crippen LogP contribution in [-0.2, 0) is 23.1 Å². The fraction of sp³-hybridized carbons (Fsp3) is 0.429. The third-order valence-electron chi connectivity index (χ3n) is 3.13. The SMILES string of the molecule is CCCNCc1cc(S(=O)(=O)N(C)Cc2ccco2)c[nH]1. The Balaban J connectivity index is 2.04. The molecule has 0 amide bonds. The van der Waals surface area contributed by atoms with Crippen molar-refractivity contribution >= 4 is 10.0 Å². The first-order valence-electron chi connectivity index (χ1n) is 6.90. The maximum atomic E-state index is 12.4. The third-order valence-corrected chi connectivity index (χ3v) is 4.91. The first kappa shape index (κ1) is 15.8. The fourth-order valence-corrected chi connectivity index (χ4v) is 3.11. The normalized spacial score (nSPS) is 12.1. The second-order valence-corrected chi connectivity index (χ2v) is 6.92. The molecule has 7 heteroatoms. The van der Waals surface area contributed by atoms with Crippen molar-refractivity contribution in [2.24, 2.45) is 0 Å². The lowest BCUT2D eigenvalue weighted by molar-refractivity contribution is 0.406. The highest BCUT2D eigenvalue weighted by molar-refractivity contribution is 7.89. The largest absolute Gasteiger partial charge is 0.468 e. The van der Waals surface area contributed by atoms with Gasteiger partial charge in [0.1, 0.15) is 5.76 Å². The van der Waals surface area contributed by atoms with E-state index in [-0.39, 0.29) is 11.4 Å². The van der Waals surface area contributed by atoms with Crippen LogP contribution in [-0.4, -0.2) is 31.3 Å². The average Bonchev–Trinajstić information content (AvgIpc) is 3.10. The Labute approximate surface area is 125 Å². The van der Waals surface area contributed by atoms with E-state index in [9.17, 15) is 8.42 Å². The molecule has 0 spiro atoms. The Hall–Kier alpha value is -1.57. The molecule has 2 heterocycles. The fourth-order valence-electron chi connectivity index (χ4n) is 1.96. The van der Waals surface area contributed by atoms with Gasteiger partial charge in [0.15, 0.2) is 0 Å². The topological polar surface area (TPSA) is 78.3 Å². The first-order valence-corrected chi connectivity index (χ1v) is 8.34. The van der Waals surface area contributed by atoms with Gasteiger partial charge in [-0.25, -0.2) is 8.42 Å². The van der Waals surface area contributed by atoms with E-state index in [1.165, 1.54) is 16.8 Å². The maximum Gasteiger partial charge on any atom is 0.244 e. The lowest BCUT2D eigenvalue weighted by Gasteiger charge is -2.14. The molecule has 2 rings (SSSR count). The highest BCUT2D eigenvalue weighted by Gasteiger charge is 2.23. The van der Waals surface area contributed by atoms with Crippen LogP contribution >= 0.6 is 0 Å². The molecular weight excluding hydrogens is 290 g/mol. The Morgan fingerprint density at radius 2 is 2.24 bits per heavy atom. The van der Waals surface area contributed by atoms with Gasteiger partial charge in [0.05, 0.1) is 17.7 Å². The minimum Gasteiger partial charge on any atom is -0.468 e. The van der Waals surface area contributed by atoms with E-state index in [4.69, 9.17) is 4.42 Å². The molecule has 0 aromatic carbocycles. The molecule has 0 atom stereocenters. The van der Waals surface area contributed by atoms with Gasteiger partial charge in [-0.15, -0.1) is 0 Å². The summed E-state index contributed by atoms with van der Waals surface area (Å²) >= 11 is 0. The highest BCUT2D eigenvalue weighted by atomic mass is 32.2. The predicted octanol–water partition coefficient (Wildman–Crippen LogP) is 1.93. The molecule has 0 aliphatic rings. The Morgan fingerprint density at radius 3 is 2.90 bits per heavy atom. The minimum absolute atomic E-state index is 0.212. The summed E-state index contributed by atoms with van der Waals surface area (Å²) in [6.07, 6.45) is 4.10. The average molecular weight is 311 g/mol. The summed E-state index contributed by atoms with van der Waals surface area (Å²) in [5, 5.41) is 3.23. The van der Waals surface area contributed by atoms with Gasteiger partial charge in [0.2, 0.25) is 10.0 Å². The summed E-state index contributed by atoms with van der Waals surface area (Å²) in [5.41, 5.74) is 0.855. The van der Waals surface area contributed by atoms with E-state index in [1.54, 1.807) is 25.2 Å². The smallest absolute Gasteiger partial charge is 0.244 e. The summed E-state index contributed by atoms with van der Waals surface area (Å²) in [4.78, 5) is 3.26. The number of nitrogens with one attached hydrogen (secondary N) is 2. The van der Waals surface area contributed by atoms with Crippen molar-refractivity contribution in [1.82, 2.24) is 14.6 Å². The molecule has 0 aliphatic heterocycles. The standard InChI is InChI=1S/C14H21N3O3S/c1-3-6-15-9-12-8-14(10-16-12)21(18,19)17(2)11-13-5-4-7-20-13/h4-5,7-8,10,15-16H,3,6,9,11H2,1-2H3. The predicted molar refractivity (Wildman–Crippen MR) is 80.2 cm³/mol. The third kappa shape index (κ3) is 3.96. The highest BCUT2D eigenvalue weighted by Crippen LogP contribution is 2.18. The van der Waals surface area contributed by atoms with Crippen LogP contribution in [0.1, 0.15) is 24.8 Å². The number of furan rings is 1. The van der Waals surface area contributed by atoms with E-state index in [2.05, 4.69) is 17.2 Å². The summed E-state index contributed by atoms with van der Waals surface area (Å²) in [7, 11) is -1.97. The maximum absolute atomic E-state index is 12.4. The van der Waals surface area contributed by atoms with Crippen LogP contribution in [0, 0.1) is 0 Å². The molecule has 0 radical (unpaired) electrons. The number of aromatic nitrogens is 1. The first-order chi connectivity index (χ1) is 10.0. The molecular formula is C14H21N3O3S. The van der Waals surface area contributed by atoms with Gasteiger partial charge in [-0.2, -0.15) is 4.31 Å². The lowest BCUT2D eigenvalue weighted by Crippen LogP contribution is -2.26. The van der Waals surface area contributed by atoms with Crippen LogP contribution in [0.5, 0.6) is 0 Å². The zero-order valence-electron chi connectivity index (χ0n) is 12.3. The van der Waals surface area contributed by atoms with Crippen LogP contribution in [0.4, 0.5) is 0 Å². The summed E-state index contributed by atoms with van der Waals surface area (Å²) in [5.74, 6) is 0.612. The van der Waals surface area contributed by atoms with Gasteiger partial charge >= 0.3 is 0 Å². The summed E-state index contributed by atoms with van der Waals surface area (Å²) < 4.78 is 31.3. The quantitative estimate of drug-likeness (QED) is 0.730. The van der Waals surface area contributed by atoms with Crippen LogP contribution in [0.15, 0.2) is 40.0 Å². The van der Waals surface area contributed by atoms with E-state index in [0.29, 0.717) is 12.3 Å². The molecule has 0 bridgehead atoms. The minimum atomic E-state index is -3.51. The molecule has 2 aromatic rings. The molecule has 0 aliphatic carbocycles. The number of aromatic amines is 1. The van der Waals surface area contributed by atoms with Gasteiger partial charge in [-0.3, -0.25) is 0 Å². The molecule has 0 saturated carbocycles. The molecule has 6 nitrogen and oxygen atoms in total. The van der Waals surface area contributed by atoms with Gasteiger partial charge in [0, 0.05) is 25.5 Å². The molecule has 0 fully saturated rings. The molecule has 116 valence electrons. The van der Waals surface area contributed by atoms with E-state index in [1.807, 2.05) is 0 Å². The van der Waals surface area contributed by atoms with Crippen LogP contribution in [0.2, 0.25) is 0 Å². The molecule has 2 aromatic heterocycles. The van der Waals surface area contributed by atoms with Crippen LogP contribution < -0.4 is 5.32 Å². The Bertz CT molecular complexity index is 647. The second kappa shape index (κ2) is 6.93. The summed E-state index contributed by atoms with van der Waals surface area (Å²) in [6, 6.07) is 5.16. The monoisotopic (exact) mass is 311 g/mol. The van der Waals surface area contributed by atoms with Gasteiger partial charge in [-0.05, 0) is 31.2 Å². The van der Waals surface area contributed by atoms with Gasteiger partial charge < -0.3 is 14.7 Å². The van der Waals surface area contributed by atoms with E-state index < -0.39 is 10.0 Å². The number of H-pyrrole nitrogens is 1. The molecule has 0 saturated heterocycles. The zero-order valence-corrected chi connectivity index (χ0v) is 13.1. The van der Waals surface area contributed by atoms with Gasteiger partial charge in [0.25, 0.3) is 0 Å². The number of nitrogens with zero attached hydrogens (tertiary/aromatic N) is 1. The second-order valence-electron chi connectivity index (χ2n) is 4.88.